The third-order valence-electron chi connectivity index (χ3n) is 3.71. The number of nitrogens with two attached hydrogens (primary N) is 1. The van der Waals surface area contributed by atoms with Gasteiger partial charge in [-0.25, -0.2) is 0 Å². The standard InChI is InChI=1S/C13H30N2O2/c1-5-8-9-12(17)11(10-16)13(4,14)15(6-2)7-3/h11-12,16-17H,5-10,14H2,1-4H3. The Morgan fingerprint density at radius 3 is 2.12 bits per heavy atom. The van der Waals surface area contributed by atoms with Crippen molar-refractivity contribution in [1.29, 1.82) is 0 Å². The molecule has 0 aliphatic rings. The molecule has 0 aromatic rings. The van der Waals surface area contributed by atoms with Crippen molar-refractivity contribution in [3.8, 4) is 0 Å². The van der Waals surface area contributed by atoms with Gasteiger partial charge in [0.2, 0.25) is 0 Å². The zero-order chi connectivity index (χ0) is 13.5. The number of aliphatic hydroxyl groups excluding tert-OH is 2. The molecule has 0 rings (SSSR count). The van der Waals surface area contributed by atoms with E-state index in [1.165, 1.54) is 0 Å². The van der Waals surface area contributed by atoms with Crippen LogP contribution in [-0.2, 0) is 0 Å². The Bertz CT molecular complexity index is 194. The maximum Gasteiger partial charge on any atom is 0.0734 e. The average Bonchev–Trinajstić information content (AvgIpc) is 2.28. The van der Waals surface area contributed by atoms with E-state index in [4.69, 9.17) is 5.73 Å². The molecule has 0 fully saturated rings. The first kappa shape index (κ1) is 16.8. The van der Waals surface area contributed by atoms with Gasteiger partial charge in [0.1, 0.15) is 0 Å². The molecule has 4 nitrogen and oxygen atoms in total. The van der Waals surface area contributed by atoms with Gasteiger partial charge in [0.15, 0.2) is 0 Å². The molecule has 0 aliphatic carbocycles. The normalized spacial score (nSPS) is 19.1. The van der Waals surface area contributed by atoms with Gasteiger partial charge in [-0.3, -0.25) is 4.90 Å². The fourth-order valence-electron chi connectivity index (χ4n) is 2.45. The predicted octanol–water partition coefficient (Wildman–Crippen LogP) is 1.16. The highest BCUT2D eigenvalue weighted by atomic mass is 16.3. The van der Waals surface area contributed by atoms with E-state index in [1.54, 1.807) is 0 Å². The zero-order valence-corrected chi connectivity index (χ0v) is 11.8. The maximum atomic E-state index is 10.1. The van der Waals surface area contributed by atoms with E-state index in [0.29, 0.717) is 6.42 Å². The lowest BCUT2D eigenvalue weighted by molar-refractivity contribution is -0.0442. The first-order valence-corrected chi connectivity index (χ1v) is 6.78. The molecule has 0 aromatic heterocycles. The van der Waals surface area contributed by atoms with E-state index >= 15 is 0 Å². The van der Waals surface area contributed by atoms with Crippen LogP contribution >= 0.6 is 0 Å². The Hall–Kier alpha value is -0.160. The molecule has 4 N–H and O–H groups in total. The number of nitrogens with zero attached hydrogens (tertiary/aromatic N) is 1. The van der Waals surface area contributed by atoms with Crippen LogP contribution in [0.4, 0.5) is 0 Å². The lowest BCUT2D eigenvalue weighted by atomic mass is 9.86. The molecule has 0 radical (unpaired) electrons. The Morgan fingerprint density at radius 2 is 1.76 bits per heavy atom. The molecule has 104 valence electrons. The Labute approximate surface area is 106 Å². The first-order chi connectivity index (χ1) is 7.95. The SMILES string of the molecule is CCCCC(O)C(CO)C(C)(N)N(CC)CC. The van der Waals surface area contributed by atoms with Crippen molar-refractivity contribution >= 4 is 0 Å². The van der Waals surface area contributed by atoms with E-state index in [9.17, 15) is 10.2 Å². The molecule has 0 saturated carbocycles. The Kier molecular flexibility index (Phi) is 7.96. The molecule has 3 atom stereocenters. The van der Waals surface area contributed by atoms with Gasteiger partial charge in [0.05, 0.1) is 18.4 Å². The molecule has 0 saturated heterocycles. The minimum absolute atomic E-state index is 0.0750. The molecule has 0 spiro atoms. The molecule has 0 amide bonds. The predicted molar refractivity (Wildman–Crippen MR) is 71.6 cm³/mol. The summed E-state index contributed by atoms with van der Waals surface area (Å²) < 4.78 is 0. The van der Waals surface area contributed by atoms with Crippen LogP contribution in [0.2, 0.25) is 0 Å². The fourth-order valence-corrected chi connectivity index (χ4v) is 2.45. The van der Waals surface area contributed by atoms with Crippen LogP contribution in [0.5, 0.6) is 0 Å². The molecule has 17 heavy (non-hydrogen) atoms. The van der Waals surface area contributed by atoms with Crippen LogP contribution in [-0.4, -0.2) is 46.6 Å². The summed E-state index contributed by atoms with van der Waals surface area (Å²) in [6.45, 7) is 9.64. The number of aliphatic hydroxyl groups is 2. The molecule has 0 bridgehead atoms. The summed E-state index contributed by atoms with van der Waals surface area (Å²) in [6, 6.07) is 0. The van der Waals surface area contributed by atoms with Crippen LogP contribution in [0.1, 0.15) is 47.0 Å². The Morgan fingerprint density at radius 1 is 1.24 bits per heavy atom. The largest absolute Gasteiger partial charge is 0.396 e. The first-order valence-electron chi connectivity index (χ1n) is 6.78. The second-order valence-corrected chi connectivity index (χ2v) is 4.90. The number of hydrogen-bond donors (Lipinski definition) is 3. The van der Waals surface area contributed by atoms with Crippen molar-refractivity contribution in [3.63, 3.8) is 0 Å². The third-order valence-corrected chi connectivity index (χ3v) is 3.71. The minimum Gasteiger partial charge on any atom is -0.396 e. The maximum absolute atomic E-state index is 10.1. The molecule has 0 heterocycles. The van der Waals surface area contributed by atoms with Gasteiger partial charge in [-0.1, -0.05) is 33.6 Å². The van der Waals surface area contributed by atoms with Crippen LogP contribution in [0.25, 0.3) is 0 Å². The minimum atomic E-state index is -0.661. The molecule has 3 unspecified atom stereocenters. The summed E-state index contributed by atoms with van der Waals surface area (Å²) >= 11 is 0. The number of hydrogen-bond acceptors (Lipinski definition) is 4. The highest BCUT2D eigenvalue weighted by Gasteiger charge is 2.38. The molecule has 0 aromatic carbocycles. The molecular weight excluding hydrogens is 216 g/mol. The third kappa shape index (κ3) is 4.54. The van der Waals surface area contributed by atoms with Gasteiger partial charge in [-0.05, 0) is 26.4 Å². The van der Waals surface area contributed by atoms with Crippen molar-refractivity contribution < 1.29 is 10.2 Å². The number of rotatable bonds is 9. The average molecular weight is 246 g/mol. The molecular formula is C13H30N2O2. The molecule has 0 aliphatic heterocycles. The fraction of sp³-hybridized carbons (Fsp3) is 1.00. The summed E-state index contributed by atoms with van der Waals surface area (Å²) in [5.41, 5.74) is 5.65. The van der Waals surface area contributed by atoms with Crippen LogP contribution in [0, 0.1) is 5.92 Å². The highest BCUT2D eigenvalue weighted by Crippen LogP contribution is 2.24. The van der Waals surface area contributed by atoms with Gasteiger partial charge in [-0.15, -0.1) is 0 Å². The summed E-state index contributed by atoms with van der Waals surface area (Å²) in [7, 11) is 0. The smallest absolute Gasteiger partial charge is 0.0734 e. The van der Waals surface area contributed by atoms with Crippen LogP contribution in [0.3, 0.4) is 0 Å². The van der Waals surface area contributed by atoms with Crippen molar-refractivity contribution in [2.75, 3.05) is 19.7 Å². The van der Waals surface area contributed by atoms with Gasteiger partial charge < -0.3 is 15.9 Å². The van der Waals surface area contributed by atoms with Crippen LogP contribution < -0.4 is 5.73 Å². The van der Waals surface area contributed by atoms with E-state index in [2.05, 4.69) is 11.8 Å². The van der Waals surface area contributed by atoms with Gasteiger partial charge in [-0.2, -0.15) is 0 Å². The quantitative estimate of drug-likeness (QED) is 0.534. The van der Waals surface area contributed by atoms with Crippen molar-refractivity contribution in [3.05, 3.63) is 0 Å². The van der Waals surface area contributed by atoms with Gasteiger partial charge in [0.25, 0.3) is 0 Å². The van der Waals surface area contributed by atoms with Gasteiger partial charge >= 0.3 is 0 Å². The van der Waals surface area contributed by atoms with Crippen molar-refractivity contribution in [2.24, 2.45) is 11.7 Å². The second kappa shape index (κ2) is 8.03. The van der Waals surface area contributed by atoms with E-state index in [-0.39, 0.29) is 12.5 Å². The van der Waals surface area contributed by atoms with E-state index in [0.717, 1.165) is 25.9 Å². The Balaban J connectivity index is 4.70. The lowest BCUT2D eigenvalue weighted by Gasteiger charge is -2.44. The monoisotopic (exact) mass is 246 g/mol. The van der Waals surface area contributed by atoms with Crippen molar-refractivity contribution in [1.82, 2.24) is 4.90 Å². The molecule has 4 heteroatoms. The second-order valence-electron chi connectivity index (χ2n) is 4.90. The highest BCUT2D eigenvalue weighted by molar-refractivity contribution is 4.90. The summed E-state index contributed by atoms with van der Waals surface area (Å²) in [4.78, 5) is 2.09. The zero-order valence-electron chi connectivity index (χ0n) is 11.8. The van der Waals surface area contributed by atoms with E-state index < -0.39 is 11.8 Å². The summed E-state index contributed by atoms with van der Waals surface area (Å²) in [6.07, 6.45) is 2.18. The topological polar surface area (TPSA) is 69.7 Å². The number of unbranched alkanes of at least 4 members (excludes halogenated alkanes) is 1. The summed E-state index contributed by atoms with van der Waals surface area (Å²) in [5.74, 6) is -0.297. The van der Waals surface area contributed by atoms with Crippen LogP contribution in [0.15, 0.2) is 0 Å². The summed E-state index contributed by atoms with van der Waals surface area (Å²) in [5, 5.41) is 19.7. The van der Waals surface area contributed by atoms with Crippen molar-refractivity contribution in [2.45, 2.75) is 58.7 Å². The van der Waals surface area contributed by atoms with Gasteiger partial charge in [0, 0.05) is 5.92 Å². The van der Waals surface area contributed by atoms with E-state index in [1.807, 2.05) is 20.8 Å². The lowest BCUT2D eigenvalue weighted by Crippen LogP contribution is -2.62.